The topological polar surface area (TPSA) is 32.3 Å². The molecule has 0 fully saturated rings. The molecule has 2 rings (SSSR count). The van der Waals surface area contributed by atoms with Gasteiger partial charge in [0.25, 0.3) is 0 Å². The van der Waals surface area contributed by atoms with Gasteiger partial charge in [-0.3, -0.25) is 0 Å². The Hall–Kier alpha value is -0.860. The average molecular weight is 233 g/mol. The normalized spacial score (nSPS) is 27.8. The summed E-state index contributed by atoms with van der Waals surface area (Å²) in [5, 5.41) is 13.0. The van der Waals surface area contributed by atoms with Crippen molar-refractivity contribution >= 4 is 0 Å². The van der Waals surface area contributed by atoms with E-state index in [2.05, 4.69) is 43.4 Å². The van der Waals surface area contributed by atoms with Crippen molar-refractivity contribution < 1.29 is 5.11 Å². The van der Waals surface area contributed by atoms with Crippen LogP contribution in [0.5, 0.6) is 0 Å². The fourth-order valence-electron chi connectivity index (χ4n) is 3.18. The SMILES string of the molecule is CCNC1(CCO)CCC(C)c2ccccc21. The molecule has 0 saturated carbocycles. The van der Waals surface area contributed by atoms with Crippen molar-refractivity contribution in [1.82, 2.24) is 5.32 Å². The van der Waals surface area contributed by atoms with Gasteiger partial charge in [0.05, 0.1) is 0 Å². The van der Waals surface area contributed by atoms with Gasteiger partial charge < -0.3 is 10.4 Å². The second-order valence-corrected chi connectivity index (χ2v) is 5.11. The Balaban J connectivity index is 2.44. The molecule has 0 amide bonds. The van der Waals surface area contributed by atoms with Gasteiger partial charge in [-0.2, -0.15) is 0 Å². The predicted molar refractivity (Wildman–Crippen MR) is 71.1 cm³/mol. The number of nitrogens with one attached hydrogen (secondary N) is 1. The molecule has 2 N–H and O–H groups in total. The number of benzene rings is 1. The number of aliphatic hydroxyl groups is 1. The average Bonchev–Trinajstić information content (AvgIpc) is 2.35. The van der Waals surface area contributed by atoms with Crippen LogP contribution in [0.25, 0.3) is 0 Å². The quantitative estimate of drug-likeness (QED) is 0.838. The highest BCUT2D eigenvalue weighted by Gasteiger charge is 2.37. The van der Waals surface area contributed by atoms with Gasteiger partial charge in [-0.25, -0.2) is 0 Å². The Bertz CT molecular complexity index is 369. The second-order valence-electron chi connectivity index (χ2n) is 5.11. The first kappa shape index (κ1) is 12.6. The van der Waals surface area contributed by atoms with Crippen molar-refractivity contribution in [3.63, 3.8) is 0 Å². The van der Waals surface area contributed by atoms with Crippen molar-refractivity contribution in [3.8, 4) is 0 Å². The lowest BCUT2D eigenvalue weighted by molar-refractivity contribution is 0.187. The lowest BCUT2D eigenvalue weighted by Gasteiger charge is -2.42. The third-order valence-electron chi connectivity index (χ3n) is 4.07. The van der Waals surface area contributed by atoms with E-state index in [0.717, 1.165) is 19.4 Å². The molecule has 94 valence electrons. The van der Waals surface area contributed by atoms with Crippen LogP contribution < -0.4 is 5.32 Å². The van der Waals surface area contributed by atoms with Crippen LogP contribution in [0.3, 0.4) is 0 Å². The Morgan fingerprint density at radius 1 is 1.41 bits per heavy atom. The number of aliphatic hydroxyl groups excluding tert-OH is 1. The van der Waals surface area contributed by atoms with Crippen molar-refractivity contribution in [2.75, 3.05) is 13.2 Å². The molecule has 1 aliphatic rings. The van der Waals surface area contributed by atoms with Crippen molar-refractivity contribution in [3.05, 3.63) is 35.4 Å². The number of rotatable bonds is 4. The van der Waals surface area contributed by atoms with Crippen molar-refractivity contribution in [2.24, 2.45) is 0 Å². The first-order valence-electron chi connectivity index (χ1n) is 6.69. The second kappa shape index (κ2) is 5.19. The minimum Gasteiger partial charge on any atom is -0.396 e. The van der Waals surface area contributed by atoms with Gasteiger partial charge >= 0.3 is 0 Å². The van der Waals surface area contributed by atoms with Gasteiger partial charge in [0.2, 0.25) is 0 Å². The van der Waals surface area contributed by atoms with E-state index in [4.69, 9.17) is 0 Å². The molecule has 0 heterocycles. The molecule has 1 aromatic carbocycles. The summed E-state index contributed by atoms with van der Waals surface area (Å²) in [6.45, 7) is 5.63. The van der Waals surface area contributed by atoms with Crippen LogP contribution in [0.15, 0.2) is 24.3 Å². The van der Waals surface area contributed by atoms with Crippen molar-refractivity contribution in [1.29, 1.82) is 0 Å². The maximum Gasteiger partial charge on any atom is 0.0459 e. The van der Waals surface area contributed by atoms with Gasteiger partial charge in [0.1, 0.15) is 0 Å². The summed E-state index contributed by atoms with van der Waals surface area (Å²) in [6.07, 6.45) is 3.13. The van der Waals surface area contributed by atoms with Crippen LogP contribution in [-0.4, -0.2) is 18.3 Å². The molecular weight excluding hydrogens is 210 g/mol. The summed E-state index contributed by atoms with van der Waals surface area (Å²) in [5.41, 5.74) is 2.84. The highest BCUT2D eigenvalue weighted by molar-refractivity contribution is 5.38. The summed E-state index contributed by atoms with van der Waals surface area (Å²) < 4.78 is 0. The Kier molecular flexibility index (Phi) is 3.85. The van der Waals surface area contributed by atoms with Crippen LogP contribution in [0.4, 0.5) is 0 Å². The molecule has 17 heavy (non-hydrogen) atoms. The fraction of sp³-hybridized carbons (Fsp3) is 0.600. The smallest absolute Gasteiger partial charge is 0.0459 e. The molecule has 2 unspecified atom stereocenters. The maximum absolute atomic E-state index is 9.36. The molecule has 2 heteroatoms. The first-order valence-corrected chi connectivity index (χ1v) is 6.69. The van der Waals surface area contributed by atoms with E-state index in [1.54, 1.807) is 0 Å². The minimum absolute atomic E-state index is 0.00734. The summed E-state index contributed by atoms with van der Waals surface area (Å²) >= 11 is 0. The minimum atomic E-state index is -0.00734. The molecule has 0 saturated heterocycles. The zero-order valence-corrected chi connectivity index (χ0v) is 10.9. The molecule has 2 nitrogen and oxygen atoms in total. The Labute approximate surface area is 104 Å². The summed E-state index contributed by atoms with van der Waals surface area (Å²) in [4.78, 5) is 0. The lowest BCUT2D eigenvalue weighted by Crippen LogP contribution is -2.46. The van der Waals surface area contributed by atoms with Gasteiger partial charge in [-0.15, -0.1) is 0 Å². The maximum atomic E-state index is 9.36. The molecule has 1 aromatic rings. The zero-order valence-electron chi connectivity index (χ0n) is 10.9. The monoisotopic (exact) mass is 233 g/mol. The van der Waals surface area contributed by atoms with Gasteiger partial charge in [0.15, 0.2) is 0 Å². The fourth-order valence-corrected chi connectivity index (χ4v) is 3.18. The van der Waals surface area contributed by atoms with Crippen LogP contribution in [-0.2, 0) is 5.54 Å². The molecular formula is C15H23NO. The zero-order chi connectivity index (χ0) is 12.3. The van der Waals surface area contributed by atoms with Crippen molar-refractivity contribution in [2.45, 2.75) is 44.6 Å². The van der Waals surface area contributed by atoms with E-state index in [1.165, 1.54) is 17.5 Å². The predicted octanol–water partition coefficient (Wildman–Crippen LogP) is 2.77. The number of fused-ring (bicyclic) bond motifs is 1. The standard InChI is InChI=1S/C15H23NO/c1-3-16-15(10-11-17)9-8-12(2)13-6-4-5-7-14(13)15/h4-7,12,16-17H,3,8-11H2,1-2H3. The molecule has 0 aliphatic heterocycles. The third kappa shape index (κ3) is 2.24. The molecule has 2 atom stereocenters. The van der Waals surface area contributed by atoms with E-state index >= 15 is 0 Å². The molecule has 0 bridgehead atoms. The molecule has 1 aliphatic carbocycles. The van der Waals surface area contributed by atoms with E-state index in [-0.39, 0.29) is 12.1 Å². The van der Waals surface area contributed by atoms with Crippen LogP contribution >= 0.6 is 0 Å². The highest BCUT2D eigenvalue weighted by Crippen LogP contribution is 2.42. The van der Waals surface area contributed by atoms with E-state index in [1.807, 2.05) is 0 Å². The van der Waals surface area contributed by atoms with Crippen LogP contribution in [0, 0.1) is 0 Å². The number of hydrogen-bond donors (Lipinski definition) is 2. The molecule has 0 radical (unpaired) electrons. The van der Waals surface area contributed by atoms with Gasteiger partial charge in [-0.05, 0) is 42.9 Å². The molecule has 0 aromatic heterocycles. The highest BCUT2D eigenvalue weighted by atomic mass is 16.3. The van der Waals surface area contributed by atoms with Gasteiger partial charge in [0, 0.05) is 12.1 Å². The third-order valence-corrected chi connectivity index (χ3v) is 4.07. The largest absolute Gasteiger partial charge is 0.396 e. The lowest BCUT2D eigenvalue weighted by atomic mass is 9.71. The van der Waals surface area contributed by atoms with Crippen LogP contribution in [0.1, 0.15) is 50.2 Å². The first-order chi connectivity index (χ1) is 8.23. The summed E-state index contributed by atoms with van der Waals surface area (Å²) in [7, 11) is 0. The number of hydrogen-bond acceptors (Lipinski definition) is 2. The Morgan fingerprint density at radius 3 is 2.88 bits per heavy atom. The summed E-state index contributed by atoms with van der Waals surface area (Å²) in [6, 6.07) is 8.70. The van der Waals surface area contributed by atoms with Gasteiger partial charge in [-0.1, -0.05) is 38.1 Å². The van der Waals surface area contributed by atoms with Crippen LogP contribution in [0.2, 0.25) is 0 Å². The molecule has 0 spiro atoms. The summed E-state index contributed by atoms with van der Waals surface area (Å²) in [5.74, 6) is 0.636. The van der Waals surface area contributed by atoms with E-state index < -0.39 is 0 Å². The van der Waals surface area contributed by atoms with E-state index in [9.17, 15) is 5.11 Å². The Morgan fingerprint density at radius 2 is 2.18 bits per heavy atom. The van der Waals surface area contributed by atoms with E-state index in [0.29, 0.717) is 5.92 Å².